The van der Waals surface area contributed by atoms with Crippen LogP contribution in [0, 0.1) is 0 Å². The molecule has 0 spiro atoms. The molecule has 0 bridgehead atoms. The van der Waals surface area contributed by atoms with Gasteiger partial charge in [0.25, 0.3) is 11.5 Å². The molecule has 1 amide bonds. The summed E-state index contributed by atoms with van der Waals surface area (Å²) >= 11 is 5.88. The van der Waals surface area contributed by atoms with Gasteiger partial charge in [0.1, 0.15) is 0 Å². The van der Waals surface area contributed by atoms with Crippen LogP contribution in [-0.2, 0) is 6.54 Å². The van der Waals surface area contributed by atoms with E-state index >= 15 is 0 Å². The van der Waals surface area contributed by atoms with Gasteiger partial charge in [0, 0.05) is 30.2 Å². The van der Waals surface area contributed by atoms with E-state index in [1.54, 1.807) is 56.1 Å². The van der Waals surface area contributed by atoms with Crippen LogP contribution in [0.4, 0.5) is 0 Å². The first-order valence-corrected chi connectivity index (χ1v) is 8.94. The molecule has 3 rings (SSSR count). The number of hydrogen-bond donors (Lipinski definition) is 1. The summed E-state index contributed by atoms with van der Waals surface area (Å²) in [5.74, 6) is -0.208. The van der Waals surface area contributed by atoms with E-state index in [0.717, 1.165) is 10.1 Å². The Kier molecular flexibility index (Phi) is 5.19. The summed E-state index contributed by atoms with van der Waals surface area (Å²) in [4.78, 5) is 41.7. The van der Waals surface area contributed by atoms with Crippen LogP contribution in [-0.4, -0.2) is 27.4 Å². The fourth-order valence-electron chi connectivity index (χ4n) is 2.99. The number of H-pyrrole nitrogens is 1. The van der Waals surface area contributed by atoms with Crippen molar-refractivity contribution < 1.29 is 4.79 Å². The van der Waals surface area contributed by atoms with Gasteiger partial charge in [-0.3, -0.25) is 14.2 Å². The van der Waals surface area contributed by atoms with Crippen LogP contribution in [0.15, 0.2) is 52.1 Å². The maximum Gasteiger partial charge on any atom is 0.329 e. The van der Waals surface area contributed by atoms with Crippen molar-refractivity contribution in [2.45, 2.75) is 26.4 Å². The van der Waals surface area contributed by atoms with Crippen molar-refractivity contribution in [3.63, 3.8) is 0 Å². The fourth-order valence-corrected chi connectivity index (χ4v) is 3.12. The number of nitrogens with zero attached hydrogens (tertiary/aromatic N) is 2. The summed E-state index contributed by atoms with van der Waals surface area (Å²) in [6.45, 7) is 3.96. The normalized spacial score (nSPS) is 11.1. The molecular weight excluding hydrogens is 366 g/mol. The van der Waals surface area contributed by atoms with E-state index in [1.807, 2.05) is 12.1 Å². The van der Waals surface area contributed by atoms with Crippen molar-refractivity contribution in [3.8, 4) is 0 Å². The van der Waals surface area contributed by atoms with Crippen molar-refractivity contribution in [2.24, 2.45) is 0 Å². The molecule has 0 radical (unpaired) electrons. The third kappa shape index (κ3) is 3.80. The molecule has 3 aromatic rings. The molecule has 0 atom stereocenters. The van der Waals surface area contributed by atoms with Gasteiger partial charge < -0.3 is 9.88 Å². The summed E-state index contributed by atoms with van der Waals surface area (Å²) in [5.41, 5.74) is 0.854. The minimum Gasteiger partial charge on any atom is -0.337 e. The number of nitrogens with one attached hydrogen (secondary N) is 1. The molecule has 0 aliphatic rings. The van der Waals surface area contributed by atoms with Crippen LogP contribution in [0.5, 0.6) is 0 Å². The van der Waals surface area contributed by atoms with Crippen molar-refractivity contribution in [3.05, 3.63) is 79.5 Å². The average molecular weight is 386 g/mol. The Morgan fingerprint density at radius 2 is 1.81 bits per heavy atom. The fraction of sp³-hybridized carbons (Fsp3) is 0.250. The van der Waals surface area contributed by atoms with E-state index < -0.39 is 5.69 Å². The van der Waals surface area contributed by atoms with Crippen LogP contribution in [0.1, 0.15) is 35.8 Å². The number of amides is 1. The maximum atomic E-state index is 12.7. The van der Waals surface area contributed by atoms with Crippen molar-refractivity contribution in [1.29, 1.82) is 0 Å². The number of rotatable bonds is 4. The molecule has 0 aliphatic carbocycles. The summed E-state index contributed by atoms with van der Waals surface area (Å²) < 4.78 is 1.16. The molecule has 1 aromatic heterocycles. The second kappa shape index (κ2) is 7.40. The zero-order chi connectivity index (χ0) is 19.7. The maximum absolute atomic E-state index is 12.7. The van der Waals surface area contributed by atoms with Gasteiger partial charge in [-0.15, -0.1) is 0 Å². The van der Waals surface area contributed by atoms with Crippen LogP contribution >= 0.6 is 11.6 Å². The van der Waals surface area contributed by atoms with Gasteiger partial charge in [0.15, 0.2) is 0 Å². The van der Waals surface area contributed by atoms with E-state index in [2.05, 4.69) is 4.98 Å². The zero-order valence-electron chi connectivity index (χ0n) is 15.3. The van der Waals surface area contributed by atoms with Gasteiger partial charge in [-0.25, -0.2) is 4.79 Å². The number of aromatic amines is 1. The Morgan fingerprint density at radius 1 is 1.15 bits per heavy atom. The largest absolute Gasteiger partial charge is 0.337 e. The molecule has 7 heteroatoms. The van der Waals surface area contributed by atoms with Gasteiger partial charge in [-0.05, 0) is 49.7 Å². The molecule has 27 heavy (non-hydrogen) atoms. The number of aromatic nitrogens is 2. The first-order valence-electron chi connectivity index (χ1n) is 8.56. The molecule has 6 nitrogen and oxygen atoms in total. The highest BCUT2D eigenvalue weighted by Gasteiger charge is 2.15. The highest BCUT2D eigenvalue weighted by molar-refractivity contribution is 6.30. The number of hydrogen-bond acceptors (Lipinski definition) is 3. The minimum absolute atomic E-state index is 0.208. The molecule has 0 saturated heterocycles. The average Bonchev–Trinajstić information content (AvgIpc) is 2.62. The lowest BCUT2D eigenvalue weighted by Crippen LogP contribution is -2.36. The van der Waals surface area contributed by atoms with E-state index in [9.17, 15) is 14.4 Å². The van der Waals surface area contributed by atoms with E-state index in [-0.39, 0.29) is 17.5 Å². The molecular formula is C20H20ClN3O3. The van der Waals surface area contributed by atoms with Gasteiger partial charge in [0.05, 0.1) is 10.9 Å². The van der Waals surface area contributed by atoms with Gasteiger partial charge in [0.2, 0.25) is 0 Å². The van der Waals surface area contributed by atoms with Crippen LogP contribution in [0.2, 0.25) is 5.02 Å². The quantitative estimate of drug-likeness (QED) is 0.749. The first-order chi connectivity index (χ1) is 12.8. The third-order valence-corrected chi connectivity index (χ3v) is 4.62. The Balaban J connectivity index is 1.93. The van der Waals surface area contributed by atoms with Gasteiger partial charge in [-0.1, -0.05) is 23.7 Å². The number of benzene rings is 2. The summed E-state index contributed by atoms with van der Waals surface area (Å²) in [6, 6.07) is 11.7. The van der Waals surface area contributed by atoms with E-state index in [4.69, 9.17) is 11.6 Å². The van der Waals surface area contributed by atoms with Crippen LogP contribution < -0.4 is 11.2 Å². The van der Waals surface area contributed by atoms with Crippen molar-refractivity contribution in [2.75, 3.05) is 7.05 Å². The minimum atomic E-state index is -0.485. The van der Waals surface area contributed by atoms with Crippen molar-refractivity contribution in [1.82, 2.24) is 14.5 Å². The first kappa shape index (κ1) is 18.9. The highest BCUT2D eigenvalue weighted by Crippen LogP contribution is 2.15. The monoisotopic (exact) mass is 385 g/mol. The second-order valence-corrected chi connectivity index (χ2v) is 7.18. The SMILES string of the molecule is CC(C)n1c(=O)[nH]c2cc(C(=O)N(C)Cc3ccc(Cl)cc3)ccc2c1=O. The Labute approximate surface area is 161 Å². The third-order valence-electron chi connectivity index (χ3n) is 4.37. The summed E-state index contributed by atoms with van der Waals surface area (Å²) in [5, 5.41) is 1.01. The van der Waals surface area contributed by atoms with E-state index in [0.29, 0.717) is 28.0 Å². The topological polar surface area (TPSA) is 75.2 Å². The predicted molar refractivity (Wildman–Crippen MR) is 106 cm³/mol. The van der Waals surface area contributed by atoms with Crippen LogP contribution in [0.25, 0.3) is 10.9 Å². The predicted octanol–water partition coefficient (Wildman–Crippen LogP) is 3.20. The van der Waals surface area contributed by atoms with Crippen LogP contribution in [0.3, 0.4) is 0 Å². The zero-order valence-corrected chi connectivity index (χ0v) is 16.1. The lowest BCUT2D eigenvalue weighted by molar-refractivity contribution is 0.0785. The molecule has 0 unspecified atom stereocenters. The molecule has 1 N–H and O–H groups in total. The van der Waals surface area contributed by atoms with E-state index in [1.165, 1.54) is 0 Å². The van der Waals surface area contributed by atoms with Crippen molar-refractivity contribution >= 4 is 28.4 Å². The Morgan fingerprint density at radius 3 is 2.44 bits per heavy atom. The lowest BCUT2D eigenvalue weighted by Gasteiger charge is -2.18. The smallest absolute Gasteiger partial charge is 0.329 e. The molecule has 140 valence electrons. The number of halogens is 1. The molecule has 2 aromatic carbocycles. The molecule has 0 aliphatic heterocycles. The second-order valence-electron chi connectivity index (χ2n) is 6.75. The summed E-state index contributed by atoms with van der Waals surface area (Å²) in [7, 11) is 1.70. The molecule has 1 heterocycles. The number of carbonyl (C=O) groups excluding carboxylic acids is 1. The lowest BCUT2D eigenvalue weighted by atomic mass is 10.1. The van der Waals surface area contributed by atoms with Gasteiger partial charge in [-0.2, -0.15) is 0 Å². The Hall–Kier alpha value is -2.86. The number of carbonyl (C=O) groups is 1. The number of fused-ring (bicyclic) bond motifs is 1. The Bertz CT molecular complexity index is 1110. The van der Waals surface area contributed by atoms with Gasteiger partial charge >= 0.3 is 5.69 Å². The standard InChI is InChI=1S/C20H20ClN3O3/c1-12(2)24-19(26)16-9-6-14(10-17(16)22-20(24)27)18(25)23(3)11-13-4-7-15(21)8-5-13/h4-10,12H,11H2,1-3H3,(H,22,27). The highest BCUT2D eigenvalue weighted by atomic mass is 35.5. The molecule has 0 fully saturated rings. The summed E-state index contributed by atoms with van der Waals surface area (Å²) in [6.07, 6.45) is 0. The molecule has 0 saturated carbocycles.